The first-order valence-electron chi connectivity index (χ1n) is 6.87. The minimum atomic E-state index is -0.672. The smallest absolute Gasteiger partial charge is 0.0935 e. The van der Waals surface area contributed by atoms with Crippen molar-refractivity contribution in [3.8, 4) is 0 Å². The molecule has 0 bridgehead atoms. The molecule has 18 heavy (non-hydrogen) atoms. The van der Waals surface area contributed by atoms with E-state index in [4.69, 9.17) is 0 Å². The zero-order valence-corrected chi connectivity index (χ0v) is 11.7. The van der Waals surface area contributed by atoms with Crippen LogP contribution in [-0.2, 0) is 5.60 Å². The van der Waals surface area contributed by atoms with E-state index >= 15 is 0 Å². The Labute approximate surface area is 110 Å². The van der Waals surface area contributed by atoms with E-state index in [1.54, 1.807) is 0 Å². The van der Waals surface area contributed by atoms with Crippen LogP contribution in [-0.4, -0.2) is 34.6 Å². The Balaban J connectivity index is 2.00. The summed E-state index contributed by atoms with van der Waals surface area (Å²) >= 11 is 0. The van der Waals surface area contributed by atoms with Crippen LogP contribution in [0.25, 0.3) is 0 Å². The van der Waals surface area contributed by atoms with Crippen LogP contribution in [0.1, 0.15) is 37.9 Å². The van der Waals surface area contributed by atoms with E-state index in [1.165, 1.54) is 0 Å². The van der Waals surface area contributed by atoms with Crippen molar-refractivity contribution in [3.63, 3.8) is 0 Å². The van der Waals surface area contributed by atoms with E-state index in [0.29, 0.717) is 5.92 Å². The molecule has 1 fully saturated rings. The van der Waals surface area contributed by atoms with Crippen molar-refractivity contribution in [3.05, 3.63) is 29.6 Å². The van der Waals surface area contributed by atoms with E-state index in [-0.39, 0.29) is 0 Å². The number of pyridine rings is 1. The van der Waals surface area contributed by atoms with Crippen molar-refractivity contribution < 1.29 is 5.11 Å². The fourth-order valence-electron chi connectivity index (χ4n) is 2.65. The number of rotatable bonds is 3. The molecule has 0 spiro atoms. The van der Waals surface area contributed by atoms with Gasteiger partial charge in [0.25, 0.3) is 0 Å². The standard InChI is InChI=1S/C15H24N2O/c1-12(2)11-17-8-6-15(18,7-9-17)14-5-4-13(3)16-10-14/h4-5,10,12,18H,6-9,11H2,1-3H3. The Hall–Kier alpha value is -0.930. The Morgan fingerprint density at radius 3 is 2.50 bits per heavy atom. The van der Waals surface area contributed by atoms with Gasteiger partial charge < -0.3 is 10.0 Å². The number of aryl methyl sites for hydroxylation is 1. The second-order valence-corrected chi connectivity index (χ2v) is 5.91. The summed E-state index contributed by atoms with van der Waals surface area (Å²) in [6, 6.07) is 3.99. The van der Waals surface area contributed by atoms with Crippen LogP contribution in [0.5, 0.6) is 0 Å². The number of likely N-dealkylation sites (tertiary alicyclic amines) is 1. The highest BCUT2D eigenvalue weighted by Crippen LogP contribution is 2.32. The van der Waals surface area contributed by atoms with E-state index in [0.717, 1.165) is 43.7 Å². The predicted molar refractivity (Wildman–Crippen MR) is 73.4 cm³/mol. The first-order chi connectivity index (χ1) is 8.49. The van der Waals surface area contributed by atoms with Gasteiger partial charge in [-0.1, -0.05) is 19.9 Å². The van der Waals surface area contributed by atoms with E-state index in [2.05, 4.69) is 23.7 Å². The molecule has 0 saturated carbocycles. The normalized spacial score (nSPS) is 20.3. The van der Waals surface area contributed by atoms with E-state index < -0.39 is 5.60 Å². The molecule has 0 aliphatic carbocycles. The Kier molecular flexibility index (Phi) is 4.03. The van der Waals surface area contributed by atoms with Crippen molar-refractivity contribution in [2.45, 2.75) is 39.2 Å². The van der Waals surface area contributed by atoms with Crippen LogP contribution in [0, 0.1) is 12.8 Å². The number of piperidine rings is 1. The molecule has 0 unspecified atom stereocenters. The molecule has 0 amide bonds. The van der Waals surface area contributed by atoms with Crippen molar-refractivity contribution in [2.75, 3.05) is 19.6 Å². The lowest BCUT2D eigenvalue weighted by Crippen LogP contribution is -2.43. The SMILES string of the molecule is Cc1ccc(C2(O)CCN(CC(C)C)CC2)cn1. The van der Waals surface area contributed by atoms with Gasteiger partial charge in [-0.15, -0.1) is 0 Å². The van der Waals surface area contributed by atoms with Crippen molar-refractivity contribution in [2.24, 2.45) is 5.92 Å². The maximum atomic E-state index is 10.7. The van der Waals surface area contributed by atoms with Crippen LogP contribution in [0.4, 0.5) is 0 Å². The van der Waals surface area contributed by atoms with Gasteiger partial charge in [0.2, 0.25) is 0 Å². The molecule has 1 aliphatic rings. The van der Waals surface area contributed by atoms with E-state index in [1.807, 2.05) is 25.3 Å². The molecule has 1 aromatic heterocycles. The molecule has 0 atom stereocenters. The summed E-state index contributed by atoms with van der Waals surface area (Å²) in [6.07, 6.45) is 3.45. The summed E-state index contributed by atoms with van der Waals surface area (Å²) in [7, 11) is 0. The molecule has 2 heterocycles. The maximum absolute atomic E-state index is 10.7. The molecular weight excluding hydrogens is 224 g/mol. The van der Waals surface area contributed by atoms with E-state index in [9.17, 15) is 5.11 Å². The third-order valence-electron chi connectivity index (χ3n) is 3.76. The summed E-state index contributed by atoms with van der Waals surface area (Å²) in [6.45, 7) is 9.53. The van der Waals surface area contributed by atoms with Crippen molar-refractivity contribution in [1.82, 2.24) is 9.88 Å². The van der Waals surface area contributed by atoms with Crippen molar-refractivity contribution >= 4 is 0 Å². The van der Waals surface area contributed by atoms with Crippen LogP contribution in [0.15, 0.2) is 18.3 Å². The summed E-state index contributed by atoms with van der Waals surface area (Å²) in [5.41, 5.74) is 1.30. The molecule has 3 heteroatoms. The summed E-state index contributed by atoms with van der Waals surface area (Å²) < 4.78 is 0. The fourth-order valence-corrected chi connectivity index (χ4v) is 2.65. The van der Waals surface area contributed by atoms with Gasteiger partial charge in [-0.05, 0) is 31.7 Å². The quantitative estimate of drug-likeness (QED) is 0.892. The van der Waals surface area contributed by atoms with Gasteiger partial charge in [-0.25, -0.2) is 0 Å². The number of aliphatic hydroxyl groups is 1. The number of hydrogen-bond acceptors (Lipinski definition) is 3. The second kappa shape index (κ2) is 5.37. The van der Waals surface area contributed by atoms with Crippen LogP contribution >= 0.6 is 0 Å². The number of aromatic nitrogens is 1. The average molecular weight is 248 g/mol. The topological polar surface area (TPSA) is 36.4 Å². The lowest BCUT2D eigenvalue weighted by molar-refractivity contribution is -0.0282. The first kappa shape index (κ1) is 13.5. The van der Waals surface area contributed by atoms with Gasteiger partial charge in [0.15, 0.2) is 0 Å². The van der Waals surface area contributed by atoms with Gasteiger partial charge in [0, 0.05) is 37.1 Å². The van der Waals surface area contributed by atoms with Crippen LogP contribution < -0.4 is 0 Å². The zero-order valence-electron chi connectivity index (χ0n) is 11.7. The minimum Gasteiger partial charge on any atom is -0.385 e. The molecule has 3 nitrogen and oxygen atoms in total. The molecule has 0 radical (unpaired) electrons. The molecule has 1 aliphatic heterocycles. The van der Waals surface area contributed by atoms with Gasteiger partial charge in [-0.2, -0.15) is 0 Å². The highest BCUT2D eigenvalue weighted by Gasteiger charge is 2.34. The third kappa shape index (κ3) is 3.09. The zero-order chi connectivity index (χ0) is 13.2. The first-order valence-corrected chi connectivity index (χ1v) is 6.87. The summed E-state index contributed by atoms with van der Waals surface area (Å²) in [5.74, 6) is 0.692. The maximum Gasteiger partial charge on any atom is 0.0935 e. The monoisotopic (exact) mass is 248 g/mol. The predicted octanol–water partition coefficient (Wildman–Crippen LogP) is 2.33. The second-order valence-electron chi connectivity index (χ2n) is 5.91. The molecule has 0 aromatic carbocycles. The average Bonchev–Trinajstić information content (AvgIpc) is 2.32. The third-order valence-corrected chi connectivity index (χ3v) is 3.76. The minimum absolute atomic E-state index is 0.672. The molecule has 2 rings (SSSR count). The molecular formula is C15H24N2O. The fraction of sp³-hybridized carbons (Fsp3) is 0.667. The largest absolute Gasteiger partial charge is 0.385 e. The Morgan fingerprint density at radius 2 is 2.00 bits per heavy atom. The highest BCUT2D eigenvalue weighted by molar-refractivity contribution is 5.21. The molecule has 1 N–H and O–H groups in total. The van der Waals surface area contributed by atoms with Crippen LogP contribution in [0.3, 0.4) is 0 Å². The van der Waals surface area contributed by atoms with Crippen LogP contribution in [0.2, 0.25) is 0 Å². The highest BCUT2D eigenvalue weighted by atomic mass is 16.3. The summed E-state index contributed by atoms with van der Waals surface area (Å²) in [5, 5.41) is 10.7. The Bertz CT molecular complexity index is 378. The lowest BCUT2D eigenvalue weighted by Gasteiger charge is -2.39. The van der Waals surface area contributed by atoms with Gasteiger partial charge in [-0.3, -0.25) is 4.98 Å². The molecule has 1 saturated heterocycles. The number of nitrogens with zero attached hydrogens (tertiary/aromatic N) is 2. The molecule has 100 valence electrons. The lowest BCUT2D eigenvalue weighted by atomic mass is 9.85. The Morgan fingerprint density at radius 1 is 1.33 bits per heavy atom. The number of hydrogen-bond donors (Lipinski definition) is 1. The van der Waals surface area contributed by atoms with Gasteiger partial charge >= 0.3 is 0 Å². The molecule has 1 aromatic rings. The van der Waals surface area contributed by atoms with Crippen molar-refractivity contribution in [1.29, 1.82) is 0 Å². The van der Waals surface area contributed by atoms with Gasteiger partial charge in [0.05, 0.1) is 5.60 Å². The summed E-state index contributed by atoms with van der Waals surface area (Å²) in [4.78, 5) is 6.74. The van der Waals surface area contributed by atoms with Gasteiger partial charge in [0.1, 0.15) is 0 Å².